The van der Waals surface area contributed by atoms with E-state index in [0.29, 0.717) is 0 Å². The highest BCUT2D eigenvalue weighted by Crippen LogP contribution is 2.36. The highest BCUT2D eigenvalue weighted by atomic mass is 35.5. The van der Waals surface area contributed by atoms with Crippen LogP contribution in [-0.2, 0) is 0 Å². The van der Waals surface area contributed by atoms with Crippen molar-refractivity contribution in [2.45, 2.75) is 6.04 Å². The van der Waals surface area contributed by atoms with E-state index < -0.39 is 0 Å². The zero-order valence-electron chi connectivity index (χ0n) is 12.4. The molecule has 2 aromatic carbocycles. The van der Waals surface area contributed by atoms with Crippen LogP contribution in [0.1, 0.15) is 28.3 Å². The van der Waals surface area contributed by atoms with Crippen molar-refractivity contribution in [2.75, 3.05) is 13.1 Å². The molecule has 1 aliphatic heterocycles. The van der Waals surface area contributed by atoms with Crippen molar-refractivity contribution in [3.05, 3.63) is 69.7 Å². The van der Waals surface area contributed by atoms with Crippen LogP contribution in [0.4, 0.5) is 0 Å². The first-order chi connectivity index (χ1) is 10.8. The third-order valence-corrected chi connectivity index (χ3v) is 4.28. The molecule has 2 aromatic rings. The minimum Gasteiger partial charge on any atom is -0.355 e. The van der Waals surface area contributed by atoms with Gasteiger partial charge in [0.25, 0.3) is 0 Å². The molecular weight excluding hydrogens is 329 g/mol. The van der Waals surface area contributed by atoms with Gasteiger partial charge < -0.3 is 10.6 Å². The zero-order chi connectivity index (χ0) is 14.9. The molecule has 0 saturated carbocycles. The summed E-state index contributed by atoms with van der Waals surface area (Å²) >= 11 is 6.24. The Hall–Kier alpha value is -1.97. The number of benzene rings is 2. The lowest BCUT2D eigenvalue weighted by atomic mass is 9.95. The van der Waals surface area contributed by atoms with Gasteiger partial charge in [0, 0.05) is 18.1 Å². The topological polar surface area (TPSA) is 36.4 Å². The molecule has 2 aliphatic rings. The molecule has 1 heterocycles. The first kappa shape index (κ1) is 15.9. The molecule has 2 N–H and O–H groups in total. The summed E-state index contributed by atoms with van der Waals surface area (Å²) in [6.07, 6.45) is 4.29. The van der Waals surface area contributed by atoms with Gasteiger partial charge in [0.2, 0.25) is 0 Å². The van der Waals surface area contributed by atoms with Crippen molar-refractivity contribution in [3.8, 4) is 0 Å². The maximum absolute atomic E-state index is 6.24. The van der Waals surface area contributed by atoms with Gasteiger partial charge in [-0.3, -0.25) is 0 Å². The summed E-state index contributed by atoms with van der Waals surface area (Å²) in [4.78, 5) is 4.91. The summed E-state index contributed by atoms with van der Waals surface area (Å²) < 4.78 is 0. The quantitative estimate of drug-likeness (QED) is 0.822. The fraction of sp³-hybridized carbons (Fsp3) is 0.167. The highest BCUT2D eigenvalue weighted by Gasteiger charge is 2.22. The summed E-state index contributed by atoms with van der Waals surface area (Å²) in [6, 6.07) is 14.3. The van der Waals surface area contributed by atoms with Crippen LogP contribution >= 0.6 is 24.0 Å². The summed E-state index contributed by atoms with van der Waals surface area (Å²) in [7, 11) is 0. The number of guanidine groups is 1. The number of hydrogen-bond donors (Lipinski definition) is 2. The molecule has 23 heavy (non-hydrogen) atoms. The smallest absolute Gasteiger partial charge is 0.192 e. The third kappa shape index (κ3) is 3.07. The van der Waals surface area contributed by atoms with Gasteiger partial charge in [-0.15, -0.1) is 12.4 Å². The van der Waals surface area contributed by atoms with Crippen LogP contribution < -0.4 is 10.6 Å². The van der Waals surface area contributed by atoms with Gasteiger partial charge in [-0.2, -0.15) is 0 Å². The van der Waals surface area contributed by atoms with Gasteiger partial charge >= 0.3 is 0 Å². The van der Waals surface area contributed by atoms with Gasteiger partial charge in [-0.1, -0.05) is 54.1 Å². The SMILES string of the molecule is Cl.Clc1ccc2c(c1)C(N=C1NCCN1)c1ccccc1C=C2. The second-order valence-corrected chi connectivity index (χ2v) is 5.91. The molecule has 3 nitrogen and oxygen atoms in total. The molecular formula is C18H17Cl2N3. The molecule has 1 saturated heterocycles. The van der Waals surface area contributed by atoms with Crippen molar-refractivity contribution in [3.63, 3.8) is 0 Å². The highest BCUT2D eigenvalue weighted by molar-refractivity contribution is 6.30. The molecule has 1 atom stereocenters. The van der Waals surface area contributed by atoms with Crippen LogP contribution in [0.2, 0.25) is 5.02 Å². The lowest BCUT2D eigenvalue weighted by molar-refractivity contribution is 0.852. The second-order valence-electron chi connectivity index (χ2n) is 5.47. The van der Waals surface area contributed by atoms with E-state index in [4.69, 9.17) is 16.6 Å². The van der Waals surface area contributed by atoms with Crippen LogP contribution in [-0.4, -0.2) is 19.0 Å². The number of halogens is 2. The van der Waals surface area contributed by atoms with Crippen molar-refractivity contribution in [1.29, 1.82) is 0 Å². The molecule has 0 radical (unpaired) electrons. The first-order valence-electron chi connectivity index (χ1n) is 7.43. The molecule has 1 fully saturated rings. The van der Waals surface area contributed by atoms with E-state index in [2.05, 4.69) is 53.1 Å². The lowest BCUT2D eigenvalue weighted by Gasteiger charge is -2.17. The molecule has 1 aliphatic carbocycles. The van der Waals surface area contributed by atoms with Gasteiger partial charge in [0.15, 0.2) is 5.96 Å². The number of nitrogens with one attached hydrogen (secondary N) is 2. The van der Waals surface area contributed by atoms with E-state index in [-0.39, 0.29) is 18.4 Å². The minimum absolute atomic E-state index is 0. The largest absolute Gasteiger partial charge is 0.355 e. The van der Waals surface area contributed by atoms with E-state index in [1.807, 2.05) is 12.1 Å². The Balaban J connectivity index is 0.00000156. The summed E-state index contributed by atoms with van der Waals surface area (Å²) in [5.74, 6) is 0.854. The van der Waals surface area contributed by atoms with Crippen LogP contribution in [0, 0.1) is 0 Å². The standard InChI is InChI=1S/C18H16ClN3.ClH/c19-14-8-7-13-6-5-12-3-1-2-4-15(12)17(16(13)11-14)22-18-20-9-10-21-18;/h1-8,11,17H,9-10H2,(H2,20,21,22);1H. The average molecular weight is 346 g/mol. The molecule has 0 bridgehead atoms. The van der Waals surface area contributed by atoms with Crippen LogP contribution in [0.3, 0.4) is 0 Å². The van der Waals surface area contributed by atoms with Gasteiger partial charge in [-0.05, 0) is 34.4 Å². The maximum Gasteiger partial charge on any atom is 0.192 e. The van der Waals surface area contributed by atoms with Crippen molar-refractivity contribution in [2.24, 2.45) is 4.99 Å². The zero-order valence-corrected chi connectivity index (χ0v) is 14.0. The van der Waals surface area contributed by atoms with Crippen molar-refractivity contribution >= 4 is 42.1 Å². The Kier molecular flexibility index (Phi) is 4.60. The Morgan fingerprint density at radius 1 is 0.913 bits per heavy atom. The third-order valence-electron chi connectivity index (χ3n) is 4.04. The second kappa shape index (κ2) is 6.65. The molecule has 118 valence electrons. The average Bonchev–Trinajstić information content (AvgIpc) is 3.00. The molecule has 0 spiro atoms. The lowest BCUT2D eigenvalue weighted by Crippen LogP contribution is -2.25. The number of fused-ring (bicyclic) bond motifs is 2. The number of nitrogens with zero attached hydrogens (tertiary/aromatic N) is 1. The monoisotopic (exact) mass is 345 g/mol. The van der Waals surface area contributed by atoms with Crippen LogP contribution in [0.15, 0.2) is 47.5 Å². The van der Waals surface area contributed by atoms with E-state index >= 15 is 0 Å². The number of hydrogen-bond acceptors (Lipinski definition) is 1. The minimum atomic E-state index is -0.0620. The van der Waals surface area contributed by atoms with E-state index in [1.165, 1.54) is 11.1 Å². The maximum atomic E-state index is 6.24. The Morgan fingerprint density at radius 3 is 2.39 bits per heavy atom. The number of aliphatic imine (C=N–C) groups is 1. The van der Waals surface area contributed by atoms with E-state index in [0.717, 1.165) is 35.2 Å². The van der Waals surface area contributed by atoms with Crippen molar-refractivity contribution in [1.82, 2.24) is 10.6 Å². The summed E-state index contributed by atoms with van der Waals surface area (Å²) in [6.45, 7) is 1.82. The van der Waals surface area contributed by atoms with E-state index in [9.17, 15) is 0 Å². The molecule has 1 unspecified atom stereocenters. The Labute approximate surface area is 146 Å². The predicted molar refractivity (Wildman–Crippen MR) is 99.4 cm³/mol. The summed E-state index contributed by atoms with van der Waals surface area (Å²) in [5, 5.41) is 7.31. The Morgan fingerprint density at radius 2 is 1.61 bits per heavy atom. The fourth-order valence-electron chi connectivity index (χ4n) is 2.98. The molecule has 0 amide bonds. The molecule has 5 heteroatoms. The normalized spacial score (nSPS) is 18.0. The number of rotatable bonds is 1. The summed E-state index contributed by atoms with van der Waals surface area (Å²) in [5.41, 5.74) is 4.69. The Bertz CT molecular complexity index is 776. The van der Waals surface area contributed by atoms with Crippen molar-refractivity contribution < 1.29 is 0 Å². The van der Waals surface area contributed by atoms with Crippen LogP contribution in [0.5, 0.6) is 0 Å². The van der Waals surface area contributed by atoms with Crippen LogP contribution in [0.25, 0.3) is 12.2 Å². The van der Waals surface area contributed by atoms with Gasteiger partial charge in [0.1, 0.15) is 6.04 Å². The molecule has 4 rings (SSSR count). The fourth-order valence-corrected chi connectivity index (χ4v) is 3.16. The molecule has 0 aromatic heterocycles. The van der Waals surface area contributed by atoms with Gasteiger partial charge in [0.05, 0.1) is 0 Å². The first-order valence-corrected chi connectivity index (χ1v) is 7.81. The van der Waals surface area contributed by atoms with E-state index in [1.54, 1.807) is 0 Å². The predicted octanol–water partition coefficient (Wildman–Crippen LogP) is 3.88. The van der Waals surface area contributed by atoms with Gasteiger partial charge in [-0.25, -0.2) is 4.99 Å².